The second-order valence-electron chi connectivity index (χ2n) is 7.42. The maximum Gasteiger partial charge on any atom is 0.291 e. The van der Waals surface area contributed by atoms with Crippen LogP contribution in [0.3, 0.4) is 0 Å². The van der Waals surface area contributed by atoms with Gasteiger partial charge in [-0.3, -0.25) is 4.79 Å². The number of hydrogen-bond acceptors (Lipinski definition) is 5. The number of aromatic nitrogens is 3. The van der Waals surface area contributed by atoms with E-state index in [9.17, 15) is 13.2 Å². The van der Waals surface area contributed by atoms with E-state index in [0.29, 0.717) is 11.4 Å². The lowest BCUT2D eigenvalue weighted by molar-refractivity contribution is 0.0929. The van der Waals surface area contributed by atoms with E-state index in [1.807, 2.05) is 24.3 Å². The van der Waals surface area contributed by atoms with Crippen LogP contribution in [0.2, 0.25) is 0 Å². The van der Waals surface area contributed by atoms with E-state index in [2.05, 4.69) is 29.2 Å². The molecule has 9 heteroatoms. The Morgan fingerprint density at radius 2 is 1.80 bits per heavy atom. The maximum absolute atomic E-state index is 12.7. The molecule has 3 N–H and O–H groups in total. The van der Waals surface area contributed by atoms with Crippen LogP contribution in [-0.2, 0) is 10.0 Å². The van der Waals surface area contributed by atoms with Crippen LogP contribution in [0.1, 0.15) is 60.3 Å². The molecule has 3 rings (SSSR count). The van der Waals surface area contributed by atoms with Gasteiger partial charge in [0.05, 0.1) is 16.6 Å². The fraction of sp³-hybridized carbons (Fsp3) is 0.286. The largest absolute Gasteiger partial charge is 0.343 e. The number of benzene rings is 2. The highest BCUT2D eigenvalue weighted by atomic mass is 32.2. The smallest absolute Gasteiger partial charge is 0.291 e. The molecule has 0 saturated carbocycles. The quantitative estimate of drug-likeness (QED) is 0.627. The molecule has 0 spiro atoms. The van der Waals surface area contributed by atoms with Crippen molar-refractivity contribution in [3.8, 4) is 5.69 Å². The Bertz CT molecular complexity index is 1180. The van der Waals surface area contributed by atoms with Gasteiger partial charge in [0, 0.05) is 0 Å². The molecule has 8 nitrogen and oxygen atoms in total. The van der Waals surface area contributed by atoms with E-state index in [1.165, 1.54) is 12.1 Å². The van der Waals surface area contributed by atoms with Gasteiger partial charge >= 0.3 is 0 Å². The first kappa shape index (κ1) is 21.7. The standard InChI is InChI=1S/C21H25N5O3S/c1-13(2)18-10-5-6-11-19(18)26-15(4)24-20(25-26)21(27)23-14(3)16-8-7-9-17(12-16)30(22,28)29/h5-14H,1-4H3,(H,23,27)(H2,22,28,29). The molecule has 1 amide bonds. The summed E-state index contributed by atoms with van der Waals surface area (Å²) in [5.41, 5.74) is 2.59. The predicted octanol–water partition coefficient (Wildman–Crippen LogP) is 2.84. The molecule has 1 atom stereocenters. The summed E-state index contributed by atoms with van der Waals surface area (Å²) in [5.74, 6) is 0.471. The van der Waals surface area contributed by atoms with Gasteiger partial charge in [-0.05, 0) is 49.1 Å². The van der Waals surface area contributed by atoms with Crippen LogP contribution in [0.5, 0.6) is 0 Å². The molecule has 30 heavy (non-hydrogen) atoms. The monoisotopic (exact) mass is 427 g/mol. The number of amides is 1. The van der Waals surface area contributed by atoms with Gasteiger partial charge in [-0.2, -0.15) is 0 Å². The molecule has 158 valence electrons. The Hall–Kier alpha value is -3.04. The van der Waals surface area contributed by atoms with Crippen LogP contribution in [0, 0.1) is 6.92 Å². The second-order valence-corrected chi connectivity index (χ2v) is 8.98. The van der Waals surface area contributed by atoms with E-state index in [-0.39, 0.29) is 16.6 Å². The zero-order valence-electron chi connectivity index (χ0n) is 17.3. The highest BCUT2D eigenvalue weighted by molar-refractivity contribution is 7.89. The first-order valence-corrected chi connectivity index (χ1v) is 11.1. The van der Waals surface area contributed by atoms with Crippen LogP contribution in [-0.4, -0.2) is 29.1 Å². The molecule has 0 saturated heterocycles. The molecular formula is C21H25N5O3S. The zero-order valence-corrected chi connectivity index (χ0v) is 18.1. The third-order valence-electron chi connectivity index (χ3n) is 4.79. The van der Waals surface area contributed by atoms with Crippen molar-refractivity contribution < 1.29 is 13.2 Å². The van der Waals surface area contributed by atoms with Crippen molar-refractivity contribution in [1.29, 1.82) is 0 Å². The number of nitrogens with zero attached hydrogens (tertiary/aromatic N) is 3. The van der Waals surface area contributed by atoms with Gasteiger partial charge in [0.15, 0.2) is 0 Å². The van der Waals surface area contributed by atoms with Crippen molar-refractivity contribution in [2.24, 2.45) is 5.14 Å². The van der Waals surface area contributed by atoms with Crippen LogP contribution in [0.4, 0.5) is 0 Å². The Kier molecular flexibility index (Phi) is 6.04. The third-order valence-corrected chi connectivity index (χ3v) is 5.70. The van der Waals surface area contributed by atoms with Crippen molar-refractivity contribution >= 4 is 15.9 Å². The summed E-state index contributed by atoms with van der Waals surface area (Å²) in [5, 5.41) is 12.4. The third kappa shape index (κ3) is 4.58. The van der Waals surface area contributed by atoms with Gasteiger partial charge < -0.3 is 5.32 Å². The number of aryl methyl sites for hydroxylation is 1. The normalized spacial score (nSPS) is 12.7. The first-order valence-electron chi connectivity index (χ1n) is 9.54. The topological polar surface area (TPSA) is 120 Å². The fourth-order valence-electron chi connectivity index (χ4n) is 3.19. The molecule has 1 heterocycles. The Morgan fingerprint density at radius 3 is 2.47 bits per heavy atom. The summed E-state index contributed by atoms with van der Waals surface area (Å²) in [6.45, 7) is 7.73. The van der Waals surface area contributed by atoms with E-state index in [4.69, 9.17) is 5.14 Å². The molecule has 0 fully saturated rings. The van der Waals surface area contributed by atoms with E-state index >= 15 is 0 Å². The van der Waals surface area contributed by atoms with E-state index in [0.717, 1.165) is 11.3 Å². The highest BCUT2D eigenvalue weighted by Gasteiger charge is 2.20. The number of carbonyl (C=O) groups excluding carboxylic acids is 1. The predicted molar refractivity (Wildman–Crippen MR) is 114 cm³/mol. The van der Waals surface area contributed by atoms with Gasteiger partial charge in [-0.1, -0.05) is 44.2 Å². The number of para-hydroxylation sites is 1. The first-order chi connectivity index (χ1) is 14.1. The minimum atomic E-state index is -3.82. The molecule has 0 aliphatic rings. The molecule has 0 aliphatic carbocycles. The number of sulfonamides is 1. The van der Waals surface area contributed by atoms with Gasteiger partial charge in [-0.25, -0.2) is 23.2 Å². The van der Waals surface area contributed by atoms with Crippen LogP contribution >= 0.6 is 0 Å². The van der Waals surface area contributed by atoms with E-state index in [1.54, 1.807) is 30.7 Å². The van der Waals surface area contributed by atoms with Crippen LogP contribution < -0.4 is 10.5 Å². The van der Waals surface area contributed by atoms with Gasteiger partial charge in [0.1, 0.15) is 5.82 Å². The SMILES string of the molecule is Cc1nc(C(=O)NC(C)c2cccc(S(N)(=O)=O)c2)nn1-c1ccccc1C(C)C. The van der Waals surface area contributed by atoms with Gasteiger partial charge in [-0.15, -0.1) is 5.10 Å². The highest BCUT2D eigenvalue weighted by Crippen LogP contribution is 2.23. The summed E-state index contributed by atoms with van der Waals surface area (Å²) >= 11 is 0. The maximum atomic E-state index is 12.7. The molecule has 2 aromatic carbocycles. The van der Waals surface area contributed by atoms with Gasteiger partial charge in [0.2, 0.25) is 15.8 Å². The number of rotatable bonds is 6. The molecule has 3 aromatic rings. The summed E-state index contributed by atoms with van der Waals surface area (Å²) in [7, 11) is -3.82. The van der Waals surface area contributed by atoms with Crippen LogP contribution in [0.25, 0.3) is 5.69 Å². The number of nitrogens with one attached hydrogen (secondary N) is 1. The zero-order chi connectivity index (χ0) is 22.1. The second kappa shape index (κ2) is 8.37. The van der Waals surface area contributed by atoms with Crippen molar-refractivity contribution in [2.75, 3.05) is 0 Å². The van der Waals surface area contributed by atoms with Crippen LogP contribution in [0.15, 0.2) is 53.4 Å². The molecule has 1 unspecified atom stereocenters. The fourth-order valence-corrected chi connectivity index (χ4v) is 3.76. The lowest BCUT2D eigenvalue weighted by Crippen LogP contribution is -2.28. The van der Waals surface area contributed by atoms with Crippen molar-refractivity contribution in [3.05, 3.63) is 71.3 Å². The Morgan fingerprint density at radius 1 is 1.10 bits per heavy atom. The summed E-state index contributed by atoms with van der Waals surface area (Å²) in [6, 6.07) is 13.5. The molecule has 1 aromatic heterocycles. The number of primary sulfonamides is 1. The molecule has 0 aliphatic heterocycles. The Labute approximate surface area is 176 Å². The number of hydrogen-bond donors (Lipinski definition) is 2. The molecule has 0 bridgehead atoms. The number of carbonyl (C=O) groups is 1. The average molecular weight is 428 g/mol. The van der Waals surface area contributed by atoms with Crippen molar-refractivity contribution in [2.45, 2.75) is 44.6 Å². The molecular weight excluding hydrogens is 402 g/mol. The molecule has 0 radical (unpaired) electrons. The lowest BCUT2D eigenvalue weighted by atomic mass is 10.0. The van der Waals surface area contributed by atoms with Crippen molar-refractivity contribution in [1.82, 2.24) is 20.1 Å². The van der Waals surface area contributed by atoms with Gasteiger partial charge in [0.25, 0.3) is 5.91 Å². The minimum Gasteiger partial charge on any atom is -0.343 e. The summed E-state index contributed by atoms with van der Waals surface area (Å²) < 4.78 is 24.8. The van der Waals surface area contributed by atoms with E-state index < -0.39 is 22.0 Å². The summed E-state index contributed by atoms with van der Waals surface area (Å²) in [4.78, 5) is 17.0. The minimum absolute atomic E-state index is 0.00959. The Balaban J connectivity index is 1.85. The summed E-state index contributed by atoms with van der Waals surface area (Å²) in [6.07, 6.45) is 0. The number of nitrogens with two attached hydrogens (primary N) is 1. The average Bonchev–Trinajstić information content (AvgIpc) is 3.09. The van der Waals surface area contributed by atoms with Crippen molar-refractivity contribution in [3.63, 3.8) is 0 Å². The lowest BCUT2D eigenvalue weighted by Gasteiger charge is -2.14.